The van der Waals surface area contributed by atoms with Crippen LogP contribution in [0, 0.1) is 5.92 Å². The van der Waals surface area contributed by atoms with E-state index in [0.717, 1.165) is 54.5 Å². The van der Waals surface area contributed by atoms with E-state index in [1.807, 2.05) is 4.90 Å². The van der Waals surface area contributed by atoms with Crippen LogP contribution in [0.15, 0.2) is 40.9 Å². The van der Waals surface area contributed by atoms with Gasteiger partial charge < -0.3 is 19.3 Å². The van der Waals surface area contributed by atoms with E-state index >= 15 is 0 Å². The number of hydrogen-bond donors (Lipinski definition) is 2. The van der Waals surface area contributed by atoms with E-state index < -0.39 is 5.97 Å². The molecule has 3 unspecified atom stereocenters. The third kappa shape index (κ3) is 5.15. The average Bonchev–Trinajstić information content (AvgIpc) is 3.47. The number of nitrogens with one attached hydrogen (secondary N) is 1. The van der Waals surface area contributed by atoms with Gasteiger partial charge in [-0.15, -0.1) is 0 Å². The molecule has 12 heteroatoms. The van der Waals surface area contributed by atoms with Crippen LogP contribution < -0.4 is 5.32 Å². The van der Waals surface area contributed by atoms with Crippen LogP contribution in [0.3, 0.4) is 0 Å². The molecule has 2 aromatic carbocycles. The molecule has 2 amide bonds. The highest BCUT2D eigenvalue weighted by Crippen LogP contribution is 2.46. The number of fused-ring (bicyclic) bond motifs is 3. The van der Waals surface area contributed by atoms with Crippen LogP contribution in [0.2, 0.25) is 10.0 Å². The third-order valence-electron chi connectivity index (χ3n) is 8.59. The minimum Gasteiger partial charge on any atom is -0.478 e. The van der Waals surface area contributed by atoms with Gasteiger partial charge in [-0.2, -0.15) is 0 Å². The number of ether oxygens (including phenoxy) is 1. The van der Waals surface area contributed by atoms with E-state index in [1.165, 1.54) is 17.4 Å². The quantitative estimate of drug-likeness (QED) is 0.205. The van der Waals surface area contributed by atoms with E-state index in [-0.39, 0.29) is 29.6 Å². The maximum Gasteiger partial charge on any atom is 0.335 e. The van der Waals surface area contributed by atoms with Gasteiger partial charge in [0.05, 0.1) is 39.0 Å². The summed E-state index contributed by atoms with van der Waals surface area (Å²) >= 11 is 14.3. The Bertz CT molecular complexity index is 1670. The van der Waals surface area contributed by atoms with Crippen molar-refractivity contribution in [2.75, 3.05) is 11.9 Å². The molecule has 0 radical (unpaired) electrons. The number of piperidine rings is 1. The molecule has 0 spiro atoms. The van der Waals surface area contributed by atoms with Gasteiger partial charge in [0.25, 0.3) is 0 Å². The molecule has 3 fully saturated rings. The molecule has 1 aliphatic carbocycles. The van der Waals surface area contributed by atoms with Gasteiger partial charge in [0.15, 0.2) is 5.13 Å². The minimum atomic E-state index is -0.995. The Morgan fingerprint density at radius 3 is 2.64 bits per heavy atom. The molecule has 3 aliphatic rings. The number of hydrogen-bond acceptors (Lipinski definition) is 7. The molecule has 2 N–H and O–H groups in total. The highest BCUT2D eigenvalue weighted by Gasteiger charge is 2.45. The predicted octanol–water partition coefficient (Wildman–Crippen LogP) is 7.83. The van der Waals surface area contributed by atoms with Crippen molar-refractivity contribution in [2.24, 2.45) is 5.92 Å². The molecular weight excluding hydrogens is 599 g/mol. The predicted molar refractivity (Wildman–Crippen MR) is 161 cm³/mol. The van der Waals surface area contributed by atoms with Crippen LogP contribution in [-0.2, 0) is 11.3 Å². The number of nitrogens with zero attached hydrogens (tertiary/aromatic N) is 3. The van der Waals surface area contributed by atoms with Gasteiger partial charge in [0.2, 0.25) is 0 Å². The first kappa shape index (κ1) is 27.6. The second-order valence-corrected chi connectivity index (χ2v) is 13.1. The molecule has 3 atom stereocenters. The molecule has 4 heterocycles. The van der Waals surface area contributed by atoms with Gasteiger partial charge in [0, 0.05) is 35.0 Å². The number of thiazole rings is 1. The second-order valence-electron chi connectivity index (χ2n) is 11.2. The molecule has 2 aliphatic heterocycles. The molecule has 2 bridgehead atoms. The lowest BCUT2D eigenvalue weighted by Crippen LogP contribution is -2.50. The molecule has 4 aromatic rings. The summed E-state index contributed by atoms with van der Waals surface area (Å²) in [7, 11) is 0. The molecular formula is C30H28Cl2N4O5S. The average molecular weight is 628 g/mol. The van der Waals surface area contributed by atoms with Crippen LogP contribution >= 0.6 is 34.5 Å². The highest BCUT2D eigenvalue weighted by molar-refractivity contribution is 7.22. The number of halogens is 2. The normalized spacial score (nSPS) is 21.7. The second kappa shape index (κ2) is 11.1. The lowest BCUT2D eigenvalue weighted by atomic mass is 9.91. The number of amides is 2. The van der Waals surface area contributed by atoms with E-state index in [4.69, 9.17) is 32.5 Å². The summed E-state index contributed by atoms with van der Waals surface area (Å²) in [6.07, 6.45) is 5.91. The maximum absolute atomic E-state index is 13.5. The highest BCUT2D eigenvalue weighted by atomic mass is 35.5. The van der Waals surface area contributed by atoms with Crippen molar-refractivity contribution < 1.29 is 24.0 Å². The first-order valence-electron chi connectivity index (χ1n) is 14.1. The Morgan fingerprint density at radius 2 is 1.88 bits per heavy atom. The van der Waals surface area contributed by atoms with Crippen molar-refractivity contribution in [1.29, 1.82) is 0 Å². The Kier molecular flexibility index (Phi) is 7.34. The molecule has 1 saturated carbocycles. The summed E-state index contributed by atoms with van der Waals surface area (Å²) in [5, 5.41) is 18.1. The molecule has 7 rings (SSSR count). The molecule has 9 nitrogen and oxygen atoms in total. The summed E-state index contributed by atoms with van der Waals surface area (Å²) in [6.45, 7) is 0.834. The Balaban J connectivity index is 1.04. The van der Waals surface area contributed by atoms with Gasteiger partial charge in [-0.25, -0.2) is 14.6 Å². The Hall–Kier alpha value is -3.18. The number of carbonyl (C=O) groups excluding carboxylic acids is 1. The number of carboxylic acids is 1. The number of rotatable bonds is 8. The topological polar surface area (TPSA) is 118 Å². The van der Waals surface area contributed by atoms with Crippen LogP contribution in [0.1, 0.15) is 66.1 Å². The molecule has 2 saturated heterocycles. The summed E-state index contributed by atoms with van der Waals surface area (Å²) in [6, 6.07) is 10.2. The van der Waals surface area contributed by atoms with Gasteiger partial charge in [-0.1, -0.05) is 45.8 Å². The molecule has 218 valence electrons. The standard InChI is InChI=1S/C30H28Cl2N4O5S/c31-20-2-1-3-21(32)25(20)26-19(27(41-35-26)15-4-5-15)14-40-13-17-6-8-18-9-11-23(17)36(18)30(39)34-29-33-22-10-7-16(28(37)38)12-24(22)42-29/h1-3,7,10,12,15,17-18,23H,4-6,8-9,11,13-14H2,(H,37,38)(H,33,34,39). The van der Waals surface area contributed by atoms with E-state index in [9.17, 15) is 14.7 Å². The summed E-state index contributed by atoms with van der Waals surface area (Å²) in [5.41, 5.74) is 3.03. The van der Waals surface area contributed by atoms with Crippen molar-refractivity contribution in [3.63, 3.8) is 0 Å². The summed E-state index contributed by atoms with van der Waals surface area (Å²) in [4.78, 5) is 31.3. The molecule has 42 heavy (non-hydrogen) atoms. The van der Waals surface area contributed by atoms with Crippen LogP contribution in [0.25, 0.3) is 21.5 Å². The Labute approximate surface area is 255 Å². The zero-order valence-corrected chi connectivity index (χ0v) is 24.8. The summed E-state index contributed by atoms with van der Waals surface area (Å²) < 4.78 is 12.8. The van der Waals surface area contributed by atoms with Crippen molar-refractivity contribution in [2.45, 2.75) is 63.1 Å². The zero-order chi connectivity index (χ0) is 29.0. The van der Waals surface area contributed by atoms with Gasteiger partial charge in [-0.3, -0.25) is 5.32 Å². The van der Waals surface area contributed by atoms with E-state index in [0.29, 0.717) is 51.1 Å². The van der Waals surface area contributed by atoms with E-state index in [2.05, 4.69) is 15.5 Å². The van der Waals surface area contributed by atoms with Crippen molar-refractivity contribution in [3.8, 4) is 11.3 Å². The fraction of sp³-hybridized carbons (Fsp3) is 0.400. The minimum absolute atomic E-state index is 0.0691. The third-order valence-corrected chi connectivity index (χ3v) is 10.2. The fourth-order valence-electron chi connectivity index (χ4n) is 6.40. The molecule has 2 aromatic heterocycles. The summed E-state index contributed by atoms with van der Waals surface area (Å²) in [5.74, 6) is 0.386. The number of carbonyl (C=O) groups is 2. The number of urea groups is 1. The van der Waals surface area contributed by atoms with Crippen molar-refractivity contribution >= 4 is 61.9 Å². The number of benzene rings is 2. The van der Waals surface area contributed by atoms with Gasteiger partial charge in [-0.05, 0) is 68.9 Å². The SMILES string of the molecule is O=C(O)c1ccc2nc(NC(=O)N3C4CCC(COCc5c(-c6c(Cl)cccc6Cl)noc5C5CC5)C3CC4)sc2c1. The lowest BCUT2D eigenvalue weighted by molar-refractivity contribution is 0.0329. The van der Waals surface area contributed by atoms with Crippen LogP contribution in [-0.4, -0.2) is 50.8 Å². The van der Waals surface area contributed by atoms with Gasteiger partial charge >= 0.3 is 12.0 Å². The monoisotopic (exact) mass is 626 g/mol. The van der Waals surface area contributed by atoms with Crippen molar-refractivity contribution in [3.05, 3.63) is 63.3 Å². The van der Waals surface area contributed by atoms with Crippen LogP contribution in [0.4, 0.5) is 9.93 Å². The van der Waals surface area contributed by atoms with Gasteiger partial charge in [0.1, 0.15) is 11.5 Å². The fourth-order valence-corrected chi connectivity index (χ4v) is 7.87. The maximum atomic E-state index is 13.5. The number of aromatic nitrogens is 2. The zero-order valence-electron chi connectivity index (χ0n) is 22.5. The number of carboxylic acid groups (broad SMARTS) is 1. The first-order valence-corrected chi connectivity index (χ1v) is 15.7. The smallest absolute Gasteiger partial charge is 0.335 e. The largest absolute Gasteiger partial charge is 0.478 e. The van der Waals surface area contributed by atoms with E-state index in [1.54, 1.807) is 30.3 Å². The number of aromatic carboxylic acids is 1. The van der Waals surface area contributed by atoms with Crippen LogP contribution in [0.5, 0.6) is 0 Å². The lowest BCUT2D eigenvalue weighted by Gasteiger charge is -2.39. The van der Waals surface area contributed by atoms with Crippen molar-refractivity contribution in [1.82, 2.24) is 15.0 Å². The first-order chi connectivity index (χ1) is 20.4. The Morgan fingerprint density at radius 1 is 1.10 bits per heavy atom. The number of anilines is 1.